The van der Waals surface area contributed by atoms with Gasteiger partial charge in [0.05, 0.1) is 23.3 Å². The van der Waals surface area contributed by atoms with Gasteiger partial charge in [-0.3, -0.25) is 4.99 Å². The van der Waals surface area contributed by atoms with Gasteiger partial charge in [0.25, 0.3) is 5.82 Å². The lowest BCUT2D eigenvalue weighted by Gasteiger charge is -2.30. The van der Waals surface area contributed by atoms with Gasteiger partial charge < -0.3 is 21.7 Å². The van der Waals surface area contributed by atoms with E-state index < -0.39 is 5.82 Å². The van der Waals surface area contributed by atoms with Crippen LogP contribution < -0.4 is 32.6 Å². The predicted molar refractivity (Wildman–Crippen MR) is 116 cm³/mol. The van der Waals surface area contributed by atoms with Crippen LogP contribution in [0, 0.1) is 5.82 Å². The highest BCUT2D eigenvalue weighted by atomic mass is 35.5. The largest absolute Gasteiger partial charge is 0.393 e. The van der Waals surface area contributed by atoms with Gasteiger partial charge in [0, 0.05) is 23.7 Å². The Bertz CT molecular complexity index is 966. The fraction of sp³-hybridized carbons (Fsp3) is 0.368. The lowest BCUT2D eigenvalue weighted by atomic mass is 10.1. The molecule has 0 bridgehead atoms. The maximum Gasteiger partial charge on any atom is 0.275 e. The van der Waals surface area contributed by atoms with Crippen LogP contribution in [0.25, 0.3) is 0 Å². The average molecular weight is 454 g/mol. The molecule has 3 aliphatic heterocycles. The van der Waals surface area contributed by atoms with E-state index in [1.165, 1.54) is 12.1 Å². The van der Waals surface area contributed by atoms with Crippen LogP contribution in [0.2, 0.25) is 10.0 Å². The van der Waals surface area contributed by atoms with E-state index in [0.29, 0.717) is 46.7 Å². The molecular formula is C19H24Cl2FN8+. The summed E-state index contributed by atoms with van der Waals surface area (Å²) in [5, 5.41) is 3.80. The number of hydrazine groups is 1. The molecule has 1 saturated heterocycles. The van der Waals surface area contributed by atoms with Crippen LogP contribution in [-0.2, 0) is 6.54 Å². The van der Waals surface area contributed by atoms with E-state index in [4.69, 9.17) is 34.7 Å². The molecule has 11 heteroatoms. The molecule has 1 unspecified atom stereocenters. The van der Waals surface area contributed by atoms with Crippen molar-refractivity contribution in [3.63, 3.8) is 0 Å². The molecule has 8 nitrogen and oxygen atoms in total. The first-order valence-electron chi connectivity index (χ1n) is 9.72. The zero-order valence-electron chi connectivity index (χ0n) is 16.2. The van der Waals surface area contributed by atoms with Crippen molar-refractivity contribution < 1.29 is 9.38 Å². The monoisotopic (exact) mass is 453 g/mol. The predicted octanol–water partition coefficient (Wildman–Crippen LogP) is -0.344. The molecule has 0 aromatic heterocycles. The van der Waals surface area contributed by atoms with Gasteiger partial charge in [-0.1, -0.05) is 23.2 Å². The summed E-state index contributed by atoms with van der Waals surface area (Å²) in [7, 11) is 0. The maximum atomic E-state index is 13.9. The minimum atomic E-state index is -0.518. The second-order valence-electron chi connectivity index (χ2n) is 7.31. The number of allylic oxidation sites excluding steroid dienone is 1. The lowest BCUT2D eigenvalue weighted by Crippen LogP contribution is -2.73. The Morgan fingerprint density at radius 2 is 2.20 bits per heavy atom. The van der Waals surface area contributed by atoms with Crippen LogP contribution in [0.5, 0.6) is 0 Å². The zero-order valence-corrected chi connectivity index (χ0v) is 17.7. The van der Waals surface area contributed by atoms with Crippen molar-refractivity contribution in [2.45, 2.75) is 25.4 Å². The summed E-state index contributed by atoms with van der Waals surface area (Å²) in [4.78, 5) is 9.53. The molecule has 1 aromatic rings. The van der Waals surface area contributed by atoms with Crippen LogP contribution >= 0.6 is 23.2 Å². The molecule has 1 fully saturated rings. The summed E-state index contributed by atoms with van der Waals surface area (Å²) in [6.45, 7) is 2.35. The van der Waals surface area contributed by atoms with Gasteiger partial charge in [-0.15, -0.1) is 0 Å². The SMILES string of the molecule is NC1=NCCN(Cc2c(Cl)ccc(F)c2Cl)C1=CC(N)=C1NNC(C2CCCN2)=[NH+]1. The minimum absolute atomic E-state index is 0.000826. The van der Waals surface area contributed by atoms with Gasteiger partial charge in [0.1, 0.15) is 17.3 Å². The first-order chi connectivity index (χ1) is 14.4. The average Bonchev–Trinajstić information content (AvgIpc) is 3.42. The topological polar surface area (TPSA) is 118 Å². The van der Waals surface area contributed by atoms with E-state index in [1.807, 2.05) is 4.90 Å². The zero-order chi connectivity index (χ0) is 21.3. The Kier molecular flexibility index (Phi) is 6.03. The number of halogens is 3. The second-order valence-corrected chi connectivity index (χ2v) is 8.09. The lowest BCUT2D eigenvalue weighted by molar-refractivity contribution is -0.397. The molecule has 30 heavy (non-hydrogen) atoms. The van der Waals surface area contributed by atoms with Crippen molar-refractivity contribution >= 4 is 34.9 Å². The van der Waals surface area contributed by atoms with Gasteiger partial charge >= 0.3 is 0 Å². The van der Waals surface area contributed by atoms with Crippen LogP contribution in [0.15, 0.2) is 40.4 Å². The van der Waals surface area contributed by atoms with Crippen molar-refractivity contribution in [2.75, 3.05) is 19.6 Å². The molecule has 0 amide bonds. The summed E-state index contributed by atoms with van der Waals surface area (Å²) in [5.74, 6) is 1.40. The van der Waals surface area contributed by atoms with E-state index in [1.54, 1.807) is 6.08 Å². The number of hydrogen-bond donors (Lipinski definition) is 6. The van der Waals surface area contributed by atoms with Crippen molar-refractivity contribution in [3.8, 4) is 0 Å². The van der Waals surface area contributed by atoms with Gasteiger partial charge in [-0.25, -0.2) is 9.38 Å². The molecule has 3 aliphatic rings. The van der Waals surface area contributed by atoms with E-state index in [0.717, 1.165) is 25.2 Å². The number of aliphatic imine (C=N–C) groups is 1. The third-order valence-electron chi connectivity index (χ3n) is 5.31. The molecule has 0 radical (unpaired) electrons. The molecule has 4 rings (SSSR count). The van der Waals surface area contributed by atoms with Gasteiger partial charge in [0.2, 0.25) is 5.84 Å². The highest BCUT2D eigenvalue weighted by Crippen LogP contribution is 2.30. The van der Waals surface area contributed by atoms with Crippen LogP contribution in [0.4, 0.5) is 4.39 Å². The summed E-state index contributed by atoms with van der Waals surface area (Å²) < 4.78 is 13.9. The number of nitrogens with two attached hydrogens (primary N) is 2. The van der Waals surface area contributed by atoms with Gasteiger partial charge in [-0.2, -0.15) is 10.9 Å². The molecule has 1 atom stereocenters. The van der Waals surface area contributed by atoms with Crippen LogP contribution in [-0.4, -0.2) is 42.2 Å². The summed E-state index contributed by atoms with van der Waals surface area (Å²) in [6, 6.07) is 2.98. The number of rotatable bonds is 4. The van der Waals surface area contributed by atoms with E-state index in [2.05, 4.69) is 26.2 Å². The Labute approximate surface area is 183 Å². The molecule has 0 spiro atoms. The second kappa shape index (κ2) is 8.71. The fourth-order valence-electron chi connectivity index (χ4n) is 3.68. The molecule has 0 saturated carbocycles. The van der Waals surface area contributed by atoms with Gasteiger partial charge in [-0.05, 0) is 37.6 Å². The number of nitrogens with one attached hydrogen (secondary N) is 4. The minimum Gasteiger partial charge on any atom is -0.393 e. The first kappa shape index (κ1) is 20.8. The maximum absolute atomic E-state index is 13.9. The standard InChI is InChI=1S/C19H23Cl2FN8/c20-11-3-4-12(22)16(21)10(11)9-30-7-6-26-17(24)15(30)8-13(23)18-27-19(29-28-18)14-2-1-5-25-14/h3-4,8,14,25,28H,1-2,5-7,9,23H2,(H2,24,26)(H,27,29)/p+1. The highest BCUT2D eigenvalue weighted by Gasteiger charge is 2.30. The first-order valence-corrected chi connectivity index (χ1v) is 10.5. The highest BCUT2D eigenvalue weighted by molar-refractivity contribution is 6.36. The summed E-state index contributed by atoms with van der Waals surface area (Å²) in [6.07, 6.45) is 3.91. The Morgan fingerprint density at radius 1 is 1.37 bits per heavy atom. The van der Waals surface area contributed by atoms with Crippen LogP contribution in [0.3, 0.4) is 0 Å². The normalized spacial score (nSPS) is 24.4. The number of nitrogens with zero attached hydrogens (tertiary/aromatic N) is 2. The van der Waals surface area contributed by atoms with E-state index >= 15 is 0 Å². The van der Waals surface area contributed by atoms with Crippen molar-refractivity contribution in [1.29, 1.82) is 0 Å². The van der Waals surface area contributed by atoms with E-state index in [-0.39, 0.29) is 17.6 Å². The number of hydrogen-bond acceptors (Lipinski definition) is 7. The van der Waals surface area contributed by atoms with E-state index in [9.17, 15) is 4.39 Å². The van der Waals surface area contributed by atoms with Crippen LogP contribution in [0.1, 0.15) is 18.4 Å². The van der Waals surface area contributed by atoms with Crippen molar-refractivity contribution in [2.24, 2.45) is 16.5 Å². The Hall–Kier alpha value is -2.49. The molecule has 3 heterocycles. The third kappa shape index (κ3) is 4.19. The number of amidine groups is 2. The molecule has 8 N–H and O–H groups in total. The molecule has 160 valence electrons. The summed E-state index contributed by atoms with van der Waals surface area (Å²) in [5.41, 5.74) is 20.2. The number of benzene rings is 1. The quantitative estimate of drug-likeness (QED) is 0.347. The third-order valence-corrected chi connectivity index (χ3v) is 6.08. The van der Waals surface area contributed by atoms with Crippen molar-refractivity contribution in [3.05, 3.63) is 56.8 Å². The van der Waals surface area contributed by atoms with Crippen molar-refractivity contribution in [1.82, 2.24) is 21.1 Å². The molecular weight excluding hydrogens is 430 g/mol. The Morgan fingerprint density at radius 3 is 2.97 bits per heavy atom. The molecule has 0 aliphatic carbocycles. The Balaban J connectivity index is 1.62. The molecule has 1 aromatic carbocycles. The fourth-order valence-corrected chi connectivity index (χ4v) is 4.18. The van der Waals surface area contributed by atoms with Gasteiger partial charge in [0.15, 0.2) is 0 Å². The smallest absolute Gasteiger partial charge is 0.275 e. The summed E-state index contributed by atoms with van der Waals surface area (Å²) >= 11 is 12.4.